The van der Waals surface area contributed by atoms with Gasteiger partial charge in [0.15, 0.2) is 5.11 Å². The van der Waals surface area contributed by atoms with Gasteiger partial charge in [-0.05, 0) is 105 Å². The zero-order valence-electron chi connectivity index (χ0n) is 20.1. The maximum atomic E-state index is 5.74. The van der Waals surface area contributed by atoms with Crippen LogP contribution in [0.25, 0.3) is 0 Å². The minimum absolute atomic E-state index is 0.309. The molecule has 0 spiro atoms. The maximum Gasteiger partial charge on any atom is 0.170 e. The Morgan fingerprint density at radius 2 is 1.42 bits per heavy atom. The summed E-state index contributed by atoms with van der Waals surface area (Å²) in [5, 5.41) is 10.7. The van der Waals surface area contributed by atoms with Gasteiger partial charge in [0.2, 0.25) is 0 Å². The van der Waals surface area contributed by atoms with E-state index < -0.39 is 7.92 Å². The minimum Gasteiger partial charge on any atom is -0.360 e. The van der Waals surface area contributed by atoms with Gasteiger partial charge in [0.25, 0.3) is 0 Å². The molecule has 4 heteroatoms. The van der Waals surface area contributed by atoms with E-state index in [1.165, 1.54) is 34.6 Å². The molecule has 4 atom stereocenters. The Morgan fingerprint density at radius 3 is 1.97 bits per heavy atom. The molecule has 2 N–H and O–H groups in total. The lowest BCUT2D eigenvalue weighted by molar-refractivity contribution is 0.422. The number of nitrogens with one attached hydrogen (secondary N) is 2. The van der Waals surface area contributed by atoms with Crippen molar-refractivity contribution in [2.45, 2.75) is 52.2 Å². The van der Waals surface area contributed by atoms with Gasteiger partial charge in [-0.2, -0.15) is 0 Å². The van der Waals surface area contributed by atoms with Crippen LogP contribution in [0.15, 0.2) is 78.9 Å². The number of hydrogen-bond donors (Lipinski definition) is 2. The number of aryl methyl sites for hydroxylation is 2. The molecule has 3 aromatic carbocycles. The third-order valence-corrected chi connectivity index (χ3v) is 10.2. The van der Waals surface area contributed by atoms with E-state index in [1.54, 1.807) is 0 Å². The first-order chi connectivity index (χ1) is 15.9. The molecular weight excluding hydrogens is 439 g/mol. The van der Waals surface area contributed by atoms with Gasteiger partial charge in [-0.15, -0.1) is 0 Å². The van der Waals surface area contributed by atoms with Crippen LogP contribution in [0.1, 0.15) is 37.8 Å². The molecule has 3 aromatic rings. The molecule has 33 heavy (non-hydrogen) atoms. The summed E-state index contributed by atoms with van der Waals surface area (Å²) in [7, 11) is -0.449. The number of thiocarbonyl (C=S) groups is 1. The lowest BCUT2D eigenvalue weighted by Crippen LogP contribution is -2.44. The maximum absolute atomic E-state index is 5.74. The zero-order valence-corrected chi connectivity index (χ0v) is 21.8. The van der Waals surface area contributed by atoms with Gasteiger partial charge >= 0.3 is 0 Å². The molecule has 1 fully saturated rings. The molecule has 1 saturated carbocycles. The lowest BCUT2D eigenvalue weighted by Gasteiger charge is -2.36. The molecule has 0 heterocycles. The number of hydrogen-bond acceptors (Lipinski definition) is 1. The topological polar surface area (TPSA) is 24.1 Å². The molecule has 1 aliphatic rings. The van der Waals surface area contributed by atoms with Crippen molar-refractivity contribution >= 4 is 41.5 Å². The molecule has 0 radical (unpaired) electrons. The Hall–Kier alpha value is -2.22. The largest absolute Gasteiger partial charge is 0.360 e. The fraction of sp³-hybridized carbons (Fsp3) is 0.345. The summed E-state index contributed by atoms with van der Waals surface area (Å²) in [5.41, 5.74) is 4.17. The highest BCUT2D eigenvalue weighted by atomic mass is 32.1. The second-order valence-corrected chi connectivity index (χ2v) is 12.3. The second-order valence-electron chi connectivity index (χ2n) is 9.51. The molecule has 0 aromatic heterocycles. The van der Waals surface area contributed by atoms with Crippen LogP contribution in [0.4, 0.5) is 5.69 Å². The second kappa shape index (κ2) is 10.8. The van der Waals surface area contributed by atoms with Crippen molar-refractivity contribution in [2.24, 2.45) is 11.8 Å². The van der Waals surface area contributed by atoms with E-state index in [0.29, 0.717) is 23.5 Å². The monoisotopic (exact) mass is 474 g/mol. The highest BCUT2D eigenvalue weighted by Gasteiger charge is 2.42. The highest BCUT2D eigenvalue weighted by Crippen LogP contribution is 2.53. The average molecular weight is 475 g/mol. The van der Waals surface area contributed by atoms with E-state index in [9.17, 15) is 0 Å². The normalized spacial score (nSPS) is 21.1. The molecule has 0 aliphatic heterocycles. The van der Waals surface area contributed by atoms with E-state index in [1.807, 2.05) is 0 Å². The quantitative estimate of drug-likeness (QED) is 0.314. The Balaban J connectivity index is 1.55. The van der Waals surface area contributed by atoms with Gasteiger partial charge in [0, 0.05) is 11.7 Å². The van der Waals surface area contributed by atoms with E-state index in [0.717, 1.165) is 10.8 Å². The Kier molecular flexibility index (Phi) is 7.83. The van der Waals surface area contributed by atoms with E-state index in [-0.39, 0.29) is 0 Å². The average Bonchev–Trinajstić information content (AvgIpc) is 3.16. The smallest absolute Gasteiger partial charge is 0.170 e. The summed E-state index contributed by atoms with van der Waals surface area (Å²) in [6.45, 7) is 9.01. The predicted molar refractivity (Wildman–Crippen MR) is 149 cm³/mol. The molecule has 172 valence electrons. The Morgan fingerprint density at radius 1 is 0.879 bits per heavy atom. The first kappa shape index (κ1) is 23.9. The molecule has 2 unspecified atom stereocenters. The highest BCUT2D eigenvalue weighted by molar-refractivity contribution is 7.80. The predicted octanol–water partition coefficient (Wildman–Crippen LogP) is 6.53. The van der Waals surface area contributed by atoms with Crippen molar-refractivity contribution in [1.29, 1.82) is 0 Å². The van der Waals surface area contributed by atoms with Crippen LogP contribution >= 0.6 is 20.1 Å². The SMILES string of the molecule is Cc1cc(C)cc(NC(=S)N[C@H](C)[C@@H]2CCC(C)C2P(c2ccccc2)c2ccccc2)c1. The molecule has 1 aliphatic carbocycles. The Labute approximate surface area is 206 Å². The molecule has 0 amide bonds. The van der Waals surface area contributed by atoms with Gasteiger partial charge in [0.05, 0.1) is 0 Å². The first-order valence-electron chi connectivity index (χ1n) is 12.0. The summed E-state index contributed by atoms with van der Waals surface area (Å²) in [6.07, 6.45) is 2.52. The van der Waals surface area contributed by atoms with Crippen LogP contribution in [0, 0.1) is 25.7 Å². The van der Waals surface area contributed by atoms with Crippen molar-refractivity contribution in [3.8, 4) is 0 Å². The summed E-state index contributed by atoms with van der Waals surface area (Å²) >= 11 is 5.74. The molecule has 2 nitrogen and oxygen atoms in total. The van der Waals surface area contributed by atoms with Crippen LogP contribution in [0.2, 0.25) is 0 Å². The van der Waals surface area contributed by atoms with Crippen LogP contribution in [0.3, 0.4) is 0 Å². The van der Waals surface area contributed by atoms with Gasteiger partial charge in [0.1, 0.15) is 0 Å². The number of anilines is 1. The van der Waals surface area contributed by atoms with E-state index in [4.69, 9.17) is 12.2 Å². The number of rotatable bonds is 6. The summed E-state index contributed by atoms with van der Waals surface area (Å²) in [6, 6.07) is 29.1. The van der Waals surface area contributed by atoms with Crippen molar-refractivity contribution < 1.29 is 0 Å². The lowest BCUT2D eigenvalue weighted by atomic mass is 9.98. The van der Waals surface area contributed by atoms with Crippen LogP contribution < -0.4 is 21.2 Å². The van der Waals surface area contributed by atoms with Crippen molar-refractivity contribution in [3.05, 3.63) is 90.0 Å². The fourth-order valence-corrected chi connectivity index (χ4v) is 9.13. The molecular formula is C29H35N2PS. The van der Waals surface area contributed by atoms with Crippen LogP contribution in [0.5, 0.6) is 0 Å². The van der Waals surface area contributed by atoms with Crippen molar-refractivity contribution in [3.63, 3.8) is 0 Å². The van der Waals surface area contributed by atoms with Gasteiger partial charge in [-0.25, -0.2) is 0 Å². The Bertz CT molecular complexity index is 1010. The van der Waals surface area contributed by atoms with E-state index >= 15 is 0 Å². The summed E-state index contributed by atoms with van der Waals surface area (Å²) in [5.74, 6) is 1.26. The van der Waals surface area contributed by atoms with Crippen molar-refractivity contribution in [2.75, 3.05) is 5.32 Å². The molecule has 0 saturated heterocycles. The van der Waals surface area contributed by atoms with E-state index in [2.05, 4.69) is 117 Å². The first-order valence-corrected chi connectivity index (χ1v) is 13.8. The van der Waals surface area contributed by atoms with Crippen molar-refractivity contribution in [1.82, 2.24) is 5.32 Å². The number of benzene rings is 3. The van der Waals surface area contributed by atoms with Crippen LogP contribution in [-0.2, 0) is 0 Å². The van der Waals surface area contributed by atoms with Gasteiger partial charge < -0.3 is 10.6 Å². The zero-order chi connectivity index (χ0) is 23.4. The third-order valence-electron chi connectivity index (χ3n) is 6.82. The summed E-state index contributed by atoms with van der Waals surface area (Å²) < 4.78 is 0. The third kappa shape index (κ3) is 5.83. The minimum atomic E-state index is -0.449. The molecule has 0 bridgehead atoms. The van der Waals surface area contributed by atoms with Gasteiger partial charge in [-0.1, -0.05) is 73.7 Å². The molecule has 4 rings (SSSR count). The summed E-state index contributed by atoms with van der Waals surface area (Å²) in [4.78, 5) is 0. The van der Waals surface area contributed by atoms with Crippen LogP contribution in [-0.4, -0.2) is 16.8 Å². The fourth-order valence-electron chi connectivity index (χ4n) is 5.41. The van der Waals surface area contributed by atoms with Gasteiger partial charge in [-0.3, -0.25) is 0 Å². The standard InChI is InChI=1S/C29H35N2PS/c1-20-17-21(2)19-24(18-20)31-29(33)30-23(4)27-16-15-22(3)28(27)32(25-11-7-5-8-12-25)26-13-9-6-10-14-26/h5-14,17-19,22-23,27-28H,15-16H2,1-4H3,(H2,30,31,33)/t22?,23-,27+,28?/m1/s1.